The van der Waals surface area contributed by atoms with Gasteiger partial charge in [0.05, 0.1) is 6.54 Å². The Labute approximate surface area is 161 Å². The molecule has 154 valence electrons. The first-order chi connectivity index (χ1) is 13.3. The summed E-state index contributed by atoms with van der Waals surface area (Å²) in [5, 5.41) is 2.76. The topological polar surface area (TPSA) is 61.9 Å². The number of ether oxygens (including phenoxy) is 1. The van der Waals surface area contributed by atoms with Crippen LogP contribution in [0, 0.1) is 0 Å². The SMILES string of the molecule is O=C1NCCN(CC(=O)N2CCCCCC2)[C@@H]1c1ccc(OC(F)(F)F)cc1. The normalized spacial score (nSPS) is 21.8. The van der Waals surface area contributed by atoms with Gasteiger partial charge in [0.2, 0.25) is 11.8 Å². The monoisotopic (exact) mass is 399 g/mol. The first-order valence-corrected chi connectivity index (χ1v) is 9.49. The third-order valence-electron chi connectivity index (χ3n) is 5.04. The zero-order chi connectivity index (χ0) is 20.1. The second-order valence-corrected chi connectivity index (χ2v) is 7.08. The lowest BCUT2D eigenvalue weighted by Gasteiger charge is -2.36. The van der Waals surface area contributed by atoms with Crippen LogP contribution in [0.2, 0.25) is 0 Å². The summed E-state index contributed by atoms with van der Waals surface area (Å²) in [7, 11) is 0. The first kappa shape index (κ1) is 20.4. The molecule has 2 amide bonds. The third kappa shape index (κ3) is 5.37. The summed E-state index contributed by atoms with van der Waals surface area (Å²) in [5.41, 5.74) is 0.524. The molecule has 3 rings (SSSR count). The molecule has 1 atom stereocenters. The number of alkyl halides is 3. The maximum Gasteiger partial charge on any atom is 0.573 e. The summed E-state index contributed by atoms with van der Waals surface area (Å²) >= 11 is 0. The quantitative estimate of drug-likeness (QED) is 0.845. The van der Waals surface area contributed by atoms with E-state index in [2.05, 4.69) is 10.1 Å². The highest BCUT2D eigenvalue weighted by molar-refractivity contribution is 5.85. The van der Waals surface area contributed by atoms with Crippen LogP contribution in [0.3, 0.4) is 0 Å². The Morgan fingerprint density at radius 1 is 1.07 bits per heavy atom. The smallest absolute Gasteiger partial charge is 0.406 e. The van der Waals surface area contributed by atoms with Gasteiger partial charge in [0.15, 0.2) is 0 Å². The Morgan fingerprint density at radius 3 is 2.32 bits per heavy atom. The van der Waals surface area contributed by atoms with Gasteiger partial charge in [-0.3, -0.25) is 14.5 Å². The van der Waals surface area contributed by atoms with Crippen molar-refractivity contribution >= 4 is 11.8 Å². The number of nitrogens with zero attached hydrogens (tertiary/aromatic N) is 2. The molecule has 0 aromatic heterocycles. The molecule has 2 aliphatic heterocycles. The minimum atomic E-state index is -4.77. The van der Waals surface area contributed by atoms with Gasteiger partial charge in [0.25, 0.3) is 0 Å². The summed E-state index contributed by atoms with van der Waals surface area (Å²) in [6.45, 7) is 2.49. The lowest BCUT2D eigenvalue weighted by molar-refractivity contribution is -0.274. The summed E-state index contributed by atoms with van der Waals surface area (Å²) in [6, 6.07) is 4.50. The van der Waals surface area contributed by atoms with Crippen LogP contribution in [0.25, 0.3) is 0 Å². The van der Waals surface area contributed by atoms with Gasteiger partial charge in [-0.2, -0.15) is 0 Å². The van der Waals surface area contributed by atoms with Gasteiger partial charge >= 0.3 is 6.36 Å². The molecule has 0 spiro atoms. The Bertz CT molecular complexity index is 686. The van der Waals surface area contributed by atoms with Crippen LogP contribution >= 0.6 is 0 Å². The molecule has 9 heteroatoms. The fraction of sp³-hybridized carbons (Fsp3) is 0.579. The number of rotatable bonds is 4. The van der Waals surface area contributed by atoms with Crippen molar-refractivity contribution in [1.82, 2.24) is 15.1 Å². The van der Waals surface area contributed by atoms with Crippen molar-refractivity contribution in [2.24, 2.45) is 0 Å². The van der Waals surface area contributed by atoms with Crippen molar-refractivity contribution in [3.63, 3.8) is 0 Å². The Hall–Kier alpha value is -2.29. The molecular weight excluding hydrogens is 375 g/mol. The van der Waals surface area contributed by atoms with Crippen molar-refractivity contribution < 1.29 is 27.5 Å². The predicted octanol–water partition coefficient (Wildman–Crippen LogP) is 2.46. The average Bonchev–Trinajstić information content (AvgIpc) is 2.91. The Kier molecular flexibility index (Phi) is 6.43. The van der Waals surface area contributed by atoms with E-state index in [1.165, 1.54) is 24.3 Å². The fourth-order valence-electron chi connectivity index (χ4n) is 3.69. The van der Waals surface area contributed by atoms with Gasteiger partial charge in [-0.05, 0) is 30.5 Å². The highest BCUT2D eigenvalue weighted by Gasteiger charge is 2.34. The van der Waals surface area contributed by atoms with Gasteiger partial charge in [-0.25, -0.2) is 0 Å². The number of carbonyl (C=O) groups excluding carboxylic acids is 2. The lowest BCUT2D eigenvalue weighted by Crippen LogP contribution is -2.53. The number of nitrogens with one attached hydrogen (secondary N) is 1. The fourth-order valence-corrected chi connectivity index (χ4v) is 3.69. The van der Waals surface area contributed by atoms with Crippen LogP contribution < -0.4 is 10.1 Å². The lowest BCUT2D eigenvalue weighted by atomic mass is 10.0. The van der Waals surface area contributed by atoms with Crippen LogP contribution in [-0.4, -0.2) is 60.7 Å². The van der Waals surface area contributed by atoms with Gasteiger partial charge < -0.3 is 15.0 Å². The highest BCUT2D eigenvalue weighted by atomic mass is 19.4. The highest BCUT2D eigenvalue weighted by Crippen LogP contribution is 2.28. The average molecular weight is 399 g/mol. The molecule has 1 aromatic carbocycles. The summed E-state index contributed by atoms with van der Waals surface area (Å²) < 4.78 is 40.9. The number of likely N-dealkylation sites (tertiary alicyclic amines) is 1. The van der Waals surface area contributed by atoms with Crippen molar-refractivity contribution in [3.05, 3.63) is 29.8 Å². The largest absolute Gasteiger partial charge is 0.573 e. The molecule has 2 aliphatic rings. The molecule has 0 saturated carbocycles. The van der Waals surface area contributed by atoms with E-state index in [-0.39, 0.29) is 24.1 Å². The first-order valence-electron chi connectivity index (χ1n) is 9.49. The predicted molar refractivity (Wildman–Crippen MR) is 95.5 cm³/mol. The molecule has 0 aliphatic carbocycles. The van der Waals surface area contributed by atoms with Crippen LogP contribution in [0.1, 0.15) is 37.3 Å². The van der Waals surface area contributed by atoms with E-state index in [9.17, 15) is 22.8 Å². The van der Waals surface area contributed by atoms with E-state index in [1.807, 2.05) is 4.90 Å². The van der Waals surface area contributed by atoms with Gasteiger partial charge in [-0.1, -0.05) is 25.0 Å². The van der Waals surface area contributed by atoms with Crippen LogP contribution in [0.15, 0.2) is 24.3 Å². The zero-order valence-corrected chi connectivity index (χ0v) is 15.5. The third-order valence-corrected chi connectivity index (χ3v) is 5.04. The number of carbonyl (C=O) groups is 2. The Balaban J connectivity index is 1.71. The molecule has 6 nitrogen and oxygen atoms in total. The van der Waals surface area contributed by atoms with E-state index < -0.39 is 12.4 Å². The van der Waals surface area contributed by atoms with Gasteiger partial charge in [-0.15, -0.1) is 13.2 Å². The van der Waals surface area contributed by atoms with Crippen molar-refractivity contribution in [3.8, 4) is 5.75 Å². The minimum Gasteiger partial charge on any atom is -0.406 e. The Morgan fingerprint density at radius 2 is 1.71 bits per heavy atom. The van der Waals surface area contributed by atoms with Gasteiger partial charge in [0.1, 0.15) is 11.8 Å². The van der Waals surface area contributed by atoms with E-state index >= 15 is 0 Å². The molecule has 1 aromatic rings. The number of amides is 2. The second-order valence-electron chi connectivity index (χ2n) is 7.08. The van der Waals surface area contributed by atoms with E-state index in [1.54, 1.807) is 4.90 Å². The maximum absolute atomic E-state index is 12.7. The zero-order valence-electron chi connectivity index (χ0n) is 15.5. The van der Waals surface area contributed by atoms with E-state index in [0.29, 0.717) is 18.7 Å². The summed E-state index contributed by atoms with van der Waals surface area (Å²) in [6.07, 6.45) is -0.572. The van der Waals surface area contributed by atoms with E-state index in [4.69, 9.17) is 0 Å². The van der Waals surface area contributed by atoms with Crippen LogP contribution in [0.5, 0.6) is 5.75 Å². The number of hydrogen-bond donors (Lipinski definition) is 1. The number of piperazine rings is 1. The maximum atomic E-state index is 12.7. The molecule has 2 saturated heterocycles. The van der Waals surface area contributed by atoms with Crippen LogP contribution in [0.4, 0.5) is 13.2 Å². The molecule has 28 heavy (non-hydrogen) atoms. The van der Waals surface area contributed by atoms with Crippen LogP contribution in [-0.2, 0) is 9.59 Å². The molecule has 0 bridgehead atoms. The molecule has 1 N–H and O–H groups in total. The summed E-state index contributed by atoms with van der Waals surface area (Å²) in [4.78, 5) is 28.8. The number of benzene rings is 1. The van der Waals surface area contributed by atoms with Crippen molar-refractivity contribution in [2.75, 3.05) is 32.7 Å². The van der Waals surface area contributed by atoms with E-state index in [0.717, 1.165) is 38.8 Å². The molecule has 2 fully saturated rings. The standard InChI is InChI=1S/C19H24F3N3O3/c20-19(21,22)28-15-7-5-14(6-8-15)17-18(27)23-9-12-25(17)13-16(26)24-10-3-1-2-4-11-24/h5-8,17H,1-4,9-13H2,(H,23,27)/t17-/m1/s1. The summed E-state index contributed by atoms with van der Waals surface area (Å²) in [5.74, 6) is -0.627. The number of hydrogen-bond acceptors (Lipinski definition) is 4. The molecular formula is C19H24F3N3O3. The molecule has 2 heterocycles. The van der Waals surface area contributed by atoms with Crippen molar-refractivity contribution in [1.29, 1.82) is 0 Å². The minimum absolute atomic E-state index is 0.0152. The number of halogens is 3. The van der Waals surface area contributed by atoms with Crippen molar-refractivity contribution in [2.45, 2.75) is 38.1 Å². The molecule has 0 unspecified atom stereocenters. The second kappa shape index (κ2) is 8.81. The van der Waals surface area contributed by atoms with Gasteiger partial charge in [0, 0.05) is 26.2 Å². The molecule has 0 radical (unpaired) electrons.